The Balaban J connectivity index is 0.000000498. The van der Waals surface area contributed by atoms with Crippen LogP contribution >= 0.6 is 11.3 Å². The third-order valence-corrected chi connectivity index (χ3v) is 6.03. The maximum Gasteiger partial charge on any atom is 0.0657 e. The van der Waals surface area contributed by atoms with Crippen molar-refractivity contribution in [3.05, 3.63) is 77.4 Å². The van der Waals surface area contributed by atoms with Gasteiger partial charge in [0.1, 0.15) is 0 Å². The molecule has 1 aliphatic heterocycles. The maximum atomic E-state index is 12.1. The fourth-order valence-electron chi connectivity index (χ4n) is 3.35. The minimum atomic E-state index is -0.881. The molecule has 0 spiro atoms. The molecule has 1 aromatic heterocycles. The van der Waals surface area contributed by atoms with Crippen LogP contribution in [0.1, 0.15) is 25.3 Å². The molecule has 1 saturated heterocycles. The van der Waals surface area contributed by atoms with Gasteiger partial charge in [-0.2, -0.15) is 36.0 Å². The predicted molar refractivity (Wildman–Crippen MR) is 136 cm³/mol. The van der Waals surface area contributed by atoms with Gasteiger partial charge in [0.15, 0.2) is 0 Å². The molecule has 0 bridgehead atoms. The van der Waals surface area contributed by atoms with Crippen LogP contribution in [0.2, 0.25) is 0 Å². The van der Waals surface area contributed by atoms with E-state index in [1.807, 2.05) is 67.4 Å². The largest absolute Gasteiger partial charge is 0.272 e. The van der Waals surface area contributed by atoms with Gasteiger partial charge in [0.25, 0.3) is 0 Å². The zero-order valence-electron chi connectivity index (χ0n) is 20.7. The Hall–Kier alpha value is -3.57. The number of esters is 1. The van der Waals surface area contributed by atoms with E-state index in [0.29, 0.717) is 37.9 Å². The Morgan fingerprint density at radius 1 is 1.37 bits per heavy atom. The molecule has 1 fully saturated rings. The molecule has 2 heterocycles. The molecule has 9 nitrogen and oxygen atoms in total. The monoisotopic (exact) mass is 947 g/mol. The first kappa shape index (κ1) is 32.5. The molecule has 12 heteroatoms. The SMILES string of the molecule is CC[CH-]C[N-]C[C@@H](O)C(Cc1ccccc1)NC(=O)O[C@H]1CCOC1=O.[Cm].[O]=[Os].[c-]1ccc2ncsc2c1. The van der Waals surface area contributed by atoms with E-state index in [1.54, 1.807) is 11.3 Å². The zero-order valence-corrected chi connectivity index (χ0v) is 27.0. The van der Waals surface area contributed by atoms with E-state index in [0.717, 1.165) is 17.5 Å². The summed E-state index contributed by atoms with van der Waals surface area (Å²) in [7, 11) is 0. The smallest absolute Gasteiger partial charge is 0.0657 e. The number of alkyl carbamates (subject to hydrolysis) is 1. The number of nitrogens with zero attached hydrogens (tertiary/aromatic N) is 2. The van der Waals surface area contributed by atoms with Crippen molar-refractivity contribution in [3.63, 3.8) is 0 Å². The van der Waals surface area contributed by atoms with Gasteiger partial charge >= 0.3 is 34.2 Å². The normalized spacial score (nSPS) is 15.4. The van der Waals surface area contributed by atoms with E-state index < -0.39 is 30.3 Å². The summed E-state index contributed by atoms with van der Waals surface area (Å²) < 4.78 is 19.4. The standard InChI is InChI=1S/C19H26N2O5.C7H4NS.Cm.O.Os/c1-2-3-10-20-13-16(22)15(12-14-7-5-4-6-8-14)21-19(24)26-17-9-11-25-18(17)23;1-2-4-7-6(3-1)8-5-9-7;;;/h3-8,15-17,22H,2,9-13H2,1H3,(H,21,24);1,3-5H;;;/q-2;-1;;;/t15?,16-,17+;;;;/m1..../s1. The fraction of sp³-hybridized carbons (Fsp3) is 0.385. The van der Waals surface area contributed by atoms with E-state index in [9.17, 15) is 14.7 Å². The van der Waals surface area contributed by atoms with Crippen molar-refractivity contribution >= 4 is 33.6 Å². The molecule has 3 atom stereocenters. The van der Waals surface area contributed by atoms with E-state index in [4.69, 9.17) is 13.0 Å². The summed E-state index contributed by atoms with van der Waals surface area (Å²) in [5.74, 6) is -0.537. The predicted octanol–water partition coefficient (Wildman–Crippen LogP) is 3.96. The van der Waals surface area contributed by atoms with Crippen LogP contribution in [-0.2, 0) is 42.8 Å². The average molecular weight is 950 g/mol. The van der Waals surface area contributed by atoms with Gasteiger partial charge in [0.2, 0.25) is 6.10 Å². The molecule has 1 aliphatic rings. The van der Waals surface area contributed by atoms with Crippen molar-refractivity contribution < 1.29 is 46.3 Å². The van der Waals surface area contributed by atoms with Crippen molar-refractivity contribution in [2.24, 2.45) is 0 Å². The minimum Gasteiger partial charge on any atom is -0.272 e. The van der Waals surface area contributed by atoms with Crippen molar-refractivity contribution in [3.8, 4) is 0 Å². The second-order valence-electron chi connectivity index (χ2n) is 7.89. The summed E-state index contributed by atoms with van der Waals surface area (Å²) in [5.41, 5.74) is 3.88. The molecule has 210 valence electrons. The van der Waals surface area contributed by atoms with Crippen molar-refractivity contribution in [1.29, 1.82) is 0 Å². The van der Waals surface area contributed by atoms with Crippen LogP contribution in [0.5, 0.6) is 0 Å². The Morgan fingerprint density at radius 3 is 2.79 bits per heavy atom. The summed E-state index contributed by atoms with van der Waals surface area (Å²) in [6.45, 7) is 3.04. The summed E-state index contributed by atoms with van der Waals surface area (Å²) in [6, 6.07) is 17.7. The van der Waals surface area contributed by atoms with Gasteiger partial charge < -0.3 is 31.6 Å². The summed E-state index contributed by atoms with van der Waals surface area (Å²) in [5, 5.41) is 17.4. The number of amides is 1. The molecule has 2 N–H and O–H groups in total. The summed E-state index contributed by atoms with van der Waals surface area (Å²) in [6.07, 6.45) is 1.21. The molecular formula is C26H30CmN3O6OsS-3. The number of aliphatic hydroxyl groups excluding tert-OH is 1. The van der Waals surface area contributed by atoms with Gasteiger partial charge in [-0.3, -0.25) is 11.5 Å². The number of thiazole rings is 1. The topological polar surface area (TPSA) is 129 Å². The molecule has 38 heavy (non-hydrogen) atoms. The van der Waals surface area contributed by atoms with E-state index in [2.05, 4.69) is 21.7 Å². The van der Waals surface area contributed by atoms with Crippen LogP contribution in [0.3, 0.4) is 0 Å². The van der Waals surface area contributed by atoms with Crippen LogP contribution in [0.15, 0.2) is 54.0 Å². The van der Waals surface area contributed by atoms with Gasteiger partial charge in [0, 0.05) is 6.42 Å². The van der Waals surface area contributed by atoms with Crippen LogP contribution in [0, 0.1) is 12.5 Å². The summed E-state index contributed by atoms with van der Waals surface area (Å²) >= 11 is 2.26. The number of hydrogen-bond acceptors (Lipinski definition) is 8. The fourth-order valence-corrected chi connectivity index (χ4v) is 4.01. The second-order valence-corrected chi connectivity index (χ2v) is 8.78. The number of benzene rings is 2. The summed E-state index contributed by atoms with van der Waals surface area (Å²) in [4.78, 5) is 27.7. The number of carbonyl (C=O) groups excluding carboxylic acids is 2. The number of hydrogen-bond donors (Lipinski definition) is 2. The Labute approximate surface area is 231 Å². The third-order valence-electron chi connectivity index (χ3n) is 5.24. The van der Waals surface area contributed by atoms with Crippen LogP contribution in [0.25, 0.3) is 15.5 Å². The van der Waals surface area contributed by atoms with Gasteiger partial charge in [-0.1, -0.05) is 42.0 Å². The van der Waals surface area contributed by atoms with Crippen LogP contribution in [-0.4, -0.2) is 60.1 Å². The van der Waals surface area contributed by atoms with E-state index in [-0.39, 0.29) is 13.2 Å². The zero-order chi connectivity index (χ0) is 26.9. The number of unbranched alkanes of at least 4 members (excludes halogenated alkanes) is 1. The number of cyclic esters (lactones) is 1. The van der Waals surface area contributed by atoms with Crippen LogP contribution in [0.4, 0.5) is 4.79 Å². The van der Waals surface area contributed by atoms with Crippen LogP contribution < -0.4 is 5.32 Å². The Bertz CT molecular complexity index is 1050. The molecule has 1 amide bonds. The quantitative estimate of drug-likeness (QED) is 0.179. The van der Waals surface area contributed by atoms with E-state index >= 15 is 0 Å². The number of aromatic nitrogens is 1. The number of ether oxygens (including phenoxy) is 2. The average Bonchev–Trinajstić information content (AvgIpc) is 3.57. The maximum absolute atomic E-state index is 12.1. The van der Waals surface area contributed by atoms with Gasteiger partial charge in [0.05, 0.1) is 24.3 Å². The Kier molecular flexibility index (Phi) is 15.9. The van der Waals surface area contributed by atoms with Gasteiger partial charge in [-0.15, -0.1) is 12.6 Å². The molecular weight excluding hydrogens is 920 g/mol. The number of rotatable bonds is 10. The van der Waals surface area contributed by atoms with E-state index in [1.165, 1.54) is 4.70 Å². The number of fused-ring (bicyclic) bond motifs is 1. The molecule has 2 aromatic carbocycles. The van der Waals surface area contributed by atoms with Crippen molar-refractivity contribution in [2.45, 2.75) is 44.4 Å². The first-order valence-corrected chi connectivity index (χ1v) is 13.6. The molecule has 3 aromatic rings. The second kappa shape index (κ2) is 18.6. The van der Waals surface area contributed by atoms with Gasteiger partial charge in [-0.25, -0.2) is 9.59 Å². The molecule has 4 rings (SSSR count). The van der Waals surface area contributed by atoms with Crippen molar-refractivity contribution in [1.82, 2.24) is 10.3 Å². The molecule has 0 saturated carbocycles. The first-order chi connectivity index (χ1) is 18.1. The Morgan fingerprint density at radius 2 is 2.13 bits per heavy atom. The first-order valence-electron chi connectivity index (χ1n) is 11.7. The minimum absolute atomic E-state index is 0. The number of carbonyl (C=O) groups is 2. The molecule has 1 unspecified atom stereocenters. The molecule has 0 radical (unpaired) electrons. The number of aliphatic hydroxyl groups is 1. The number of nitrogens with one attached hydrogen (secondary N) is 1. The molecule has 0 aliphatic carbocycles. The van der Waals surface area contributed by atoms with Gasteiger partial charge in [-0.05, 0) is 17.5 Å². The third kappa shape index (κ3) is 11.2. The van der Waals surface area contributed by atoms with Crippen molar-refractivity contribution in [2.75, 3.05) is 19.7 Å².